The maximum Gasteiger partial charge on any atom is 0.433 e. The highest BCUT2D eigenvalue weighted by Gasteiger charge is 2.19. The van der Waals surface area contributed by atoms with E-state index in [0.717, 1.165) is 10.9 Å². The minimum absolute atomic E-state index is 0.133. The monoisotopic (exact) mass is 354 g/mol. The topological polar surface area (TPSA) is 124 Å². The number of furan rings is 1. The highest BCUT2D eigenvalue weighted by Crippen LogP contribution is 2.24. The summed E-state index contributed by atoms with van der Waals surface area (Å²) in [4.78, 5) is 22.5. The van der Waals surface area contributed by atoms with Crippen molar-refractivity contribution in [3.05, 3.63) is 55.2 Å². The van der Waals surface area contributed by atoms with Crippen LogP contribution >= 0.6 is 22.9 Å². The minimum atomic E-state index is -0.742. The van der Waals surface area contributed by atoms with Crippen molar-refractivity contribution >= 4 is 40.7 Å². The molecule has 0 aliphatic carbocycles. The molecule has 11 heteroatoms. The largest absolute Gasteiger partial charge is 0.433 e. The Hall–Kier alpha value is -2.72. The van der Waals surface area contributed by atoms with Crippen molar-refractivity contribution in [2.24, 2.45) is 0 Å². The fourth-order valence-electron chi connectivity index (χ4n) is 1.68. The van der Waals surface area contributed by atoms with Crippen LogP contribution in [0.25, 0.3) is 0 Å². The maximum absolute atomic E-state index is 11.9. The van der Waals surface area contributed by atoms with Crippen molar-refractivity contribution in [3.63, 3.8) is 0 Å². The molecule has 9 nitrogen and oxygen atoms in total. The van der Waals surface area contributed by atoms with Crippen molar-refractivity contribution < 1.29 is 18.6 Å². The molecule has 0 atom stereocenters. The lowest BCUT2D eigenvalue weighted by Crippen LogP contribution is -2.11. The molecule has 3 aromatic rings. The van der Waals surface area contributed by atoms with Gasteiger partial charge in [-0.2, -0.15) is 0 Å². The molecule has 1 N–H and O–H groups in total. The maximum atomic E-state index is 11.9. The number of carbonyl (C=O) groups is 1. The molecule has 0 spiro atoms. The quantitative estimate of drug-likeness (QED) is 0.551. The molecule has 0 aromatic carbocycles. The number of aromatic nitrogens is 2. The van der Waals surface area contributed by atoms with E-state index in [-0.39, 0.29) is 11.8 Å². The molecule has 0 saturated heterocycles. The van der Waals surface area contributed by atoms with E-state index in [1.165, 1.54) is 17.4 Å². The molecule has 0 saturated carbocycles. The van der Waals surface area contributed by atoms with Crippen molar-refractivity contribution in [1.29, 1.82) is 0 Å². The minimum Gasteiger partial charge on any atom is -0.407 e. The summed E-state index contributed by atoms with van der Waals surface area (Å²) in [7, 11) is 0. The first kappa shape index (κ1) is 15.2. The molecular formula is C12H7ClN4O5S. The zero-order valence-corrected chi connectivity index (χ0v) is 12.8. The number of nitrogens with zero attached hydrogens (tertiary/aromatic N) is 3. The van der Waals surface area contributed by atoms with E-state index >= 15 is 0 Å². The van der Waals surface area contributed by atoms with Crippen molar-refractivity contribution in [1.82, 2.24) is 10.2 Å². The zero-order valence-electron chi connectivity index (χ0n) is 11.2. The fraction of sp³-hybridized carbons (Fsp3) is 0.0833. The molecule has 0 fully saturated rings. The number of nitrogens with one attached hydrogen (secondary N) is 1. The molecule has 1 amide bonds. The molecule has 0 aliphatic heterocycles. The van der Waals surface area contributed by atoms with E-state index in [2.05, 4.69) is 15.5 Å². The van der Waals surface area contributed by atoms with Crippen LogP contribution in [0.1, 0.15) is 21.3 Å². The number of hydrogen-bond donors (Lipinski definition) is 1. The number of nitro groups is 1. The Morgan fingerprint density at radius 3 is 2.78 bits per heavy atom. The van der Waals surface area contributed by atoms with Gasteiger partial charge < -0.3 is 8.83 Å². The van der Waals surface area contributed by atoms with Crippen molar-refractivity contribution in [2.45, 2.75) is 6.42 Å². The van der Waals surface area contributed by atoms with Gasteiger partial charge in [-0.25, -0.2) is 0 Å². The van der Waals surface area contributed by atoms with Gasteiger partial charge in [-0.3, -0.25) is 20.2 Å². The average molecular weight is 355 g/mol. The fourth-order valence-corrected chi connectivity index (χ4v) is 2.76. The van der Waals surface area contributed by atoms with Crippen LogP contribution in [0.2, 0.25) is 4.34 Å². The summed E-state index contributed by atoms with van der Waals surface area (Å²) in [6, 6.07) is 5.71. The van der Waals surface area contributed by atoms with E-state index in [1.807, 2.05) is 6.07 Å². The lowest BCUT2D eigenvalue weighted by Gasteiger charge is -1.95. The summed E-state index contributed by atoms with van der Waals surface area (Å²) < 4.78 is 10.7. The first-order chi connectivity index (χ1) is 11.0. The third kappa shape index (κ3) is 3.55. The average Bonchev–Trinajstić information content (AvgIpc) is 3.20. The van der Waals surface area contributed by atoms with Crippen LogP contribution in [0.4, 0.5) is 11.9 Å². The van der Waals surface area contributed by atoms with E-state index < -0.39 is 16.7 Å². The summed E-state index contributed by atoms with van der Waals surface area (Å²) in [6.45, 7) is 0. The first-order valence-corrected chi connectivity index (χ1v) is 7.33. The van der Waals surface area contributed by atoms with E-state index in [1.54, 1.807) is 6.07 Å². The molecule has 118 valence electrons. The normalized spacial score (nSPS) is 10.7. The van der Waals surface area contributed by atoms with Crippen LogP contribution < -0.4 is 5.32 Å². The molecule has 0 aliphatic rings. The Labute approximate surface area is 137 Å². The second kappa shape index (κ2) is 6.18. The van der Waals surface area contributed by atoms with Gasteiger partial charge in [-0.15, -0.1) is 16.4 Å². The summed E-state index contributed by atoms with van der Waals surface area (Å²) in [5.74, 6) is -1.20. The zero-order chi connectivity index (χ0) is 16.4. The number of thiophene rings is 1. The third-order valence-electron chi connectivity index (χ3n) is 2.64. The van der Waals surface area contributed by atoms with Gasteiger partial charge >= 0.3 is 11.9 Å². The lowest BCUT2D eigenvalue weighted by molar-refractivity contribution is -0.402. The van der Waals surface area contributed by atoms with Crippen LogP contribution in [0, 0.1) is 10.1 Å². The predicted molar refractivity (Wildman–Crippen MR) is 79.7 cm³/mol. The molecule has 3 aromatic heterocycles. The molecule has 3 heterocycles. The van der Waals surface area contributed by atoms with E-state index in [0.29, 0.717) is 16.6 Å². The Kier molecular flexibility index (Phi) is 4.08. The summed E-state index contributed by atoms with van der Waals surface area (Å²) in [6.07, 6.45) is 0.381. The summed E-state index contributed by atoms with van der Waals surface area (Å²) in [5, 5.41) is 20.3. The molecule has 0 bridgehead atoms. The van der Waals surface area contributed by atoms with Crippen LogP contribution in [0.15, 0.2) is 33.1 Å². The van der Waals surface area contributed by atoms with Crippen LogP contribution in [-0.2, 0) is 6.42 Å². The highest BCUT2D eigenvalue weighted by molar-refractivity contribution is 7.16. The summed E-state index contributed by atoms with van der Waals surface area (Å²) >= 11 is 7.21. The summed E-state index contributed by atoms with van der Waals surface area (Å²) in [5.41, 5.74) is 0. The number of halogens is 1. The van der Waals surface area contributed by atoms with Crippen LogP contribution in [0.5, 0.6) is 0 Å². The standard InChI is InChI=1S/C12H7ClN4O5S/c13-8-3-1-6(23-8)5-9-15-16-12(22-9)14-11(18)7-2-4-10(21-7)17(19)20/h1-4H,5H2,(H,14,16,18). The van der Waals surface area contributed by atoms with Gasteiger partial charge in [0.15, 0.2) is 5.76 Å². The van der Waals surface area contributed by atoms with Gasteiger partial charge in [0.2, 0.25) is 5.89 Å². The number of hydrogen-bond acceptors (Lipinski definition) is 8. The van der Waals surface area contributed by atoms with Crippen molar-refractivity contribution in [3.8, 4) is 0 Å². The Bertz CT molecular complexity index is 870. The molecule has 0 unspecified atom stereocenters. The lowest BCUT2D eigenvalue weighted by atomic mass is 10.3. The third-order valence-corrected chi connectivity index (χ3v) is 3.87. The molecule has 3 rings (SSSR count). The SMILES string of the molecule is O=C(Nc1nnc(Cc2ccc(Cl)s2)o1)c1ccc([N+](=O)[O-])o1. The van der Waals surface area contributed by atoms with Gasteiger partial charge in [-0.1, -0.05) is 16.7 Å². The molecule has 23 heavy (non-hydrogen) atoms. The number of anilines is 1. The smallest absolute Gasteiger partial charge is 0.407 e. The van der Waals surface area contributed by atoms with E-state index in [9.17, 15) is 14.9 Å². The first-order valence-electron chi connectivity index (χ1n) is 6.13. The number of amides is 1. The molecular weight excluding hydrogens is 348 g/mol. The van der Waals surface area contributed by atoms with Gasteiger partial charge in [0, 0.05) is 4.88 Å². The van der Waals surface area contributed by atoms with Gasteiger partial charge in [0.1, 0.15) is 4.92 Å². The Morgan fingerprint density at radius 2 is 2.13 bits per heavy atom. The predicted octanol–water partition coefficient (Wildman–Crippen LogP) is 3.13. The molecule has 0 radical (unpaired) electrons. The highest BCUT2D eigenvalue weighted by atomic mass is 35.5. The van der Waals surface area contributed by atoms with E-state index in [4.69, 9.17) is 20.4 Å². The van der Waals surface area contributed by atoms with Gasteiger partial charge in [0.25, 0.3) is 5.91 Å². The number of rotatable bonds is 5. The second-order valence-corrected chi connectivity index (χ2v) is 6.03. The van der Waals surface area contributed by atoms with Gasteiger partial charge in [-0.05, 0) is 18.2 Å². The number of carbonyl (C=O) groups excluding carboxylic acids is 1. The van der Waals surface area contributed by atoms with Gasteiger partial charge in [0.05, 0.1) is 16.8 Å². The van der Waals surface area contributed by atoms with Crippen molar-refractivity contribution in [2.75, 3.05) is 5.32 Å². The second-order valence-electron chi connectivity index (χ2n) is 4.23. The Balaban J connectivity index is 1.66. The van der Waals surface area contributed by atoms with Crippen LogP contribution in [0.3, 0.4) is 0 Å². The van der Waals surface area contributed by atoms with Crippen LogP contribution in [-0.4, -0.2) is 21.0 Å². The Morgan fingerprint density at radius 1 is 1.30 bits per heavy atom.